The van der Waals surface area contributed by atoms with Crippen LogP contribution in [-0.4, -0.2) is 16.2 Å². The second-order valence-electron chi connectivity index (χ2n) is 3.14. The lowest BCUT2D eigenvalue weighted by molar-refractivity contribution is -0.164. The minimum Gasteiger partial charge on any atom is -0.449 e. The molecule has 0 fully saturated rings. The lowest BCUT2D eigenvalue weighted by Crippen LogP contribution is -2.20. The number of alkyl halides is 6. The second kappa shape index (κ2) is 4.48. The number of hydrogen-bond donors (Lipinski definition) is 2. The molecular formula is C8H4F6N2O3. The molecule has 0 radical (unpaired) electrons. The summed E-state index contributed by atoms with van der Waals surface area (Å²) < 4.78 is 78.2. The highest BCUT2D eigenvalue weighted by atomic mass is 19.4. The number of ether oxygens (including phenoxy) is 1. The zero-order chi connectivity index (χ0) is 15.0. The van der Waals surface area contributed by atoms with Gasteiger partial charge in [-0.15, -0.1) is 0 Å². The van der Waals surface area contributed by atoms with Crippen molar-refractivity contribution in [2.75, 3.05) is 5.73 Å². The molecule has 1 rings (SSSR count). The Hall–Kier alpha value is -2.20. The highest BCUT2D eigenvalue weighted by Gasteiger charge is 2.45. The van der Waals surface area contributed by atoms with E-state index in [1.807, 2.05) is 0 Å². The van der Waals surface area contributed by atoms with E-state index in [2.05, 4.69) is 9.72 Å². The van der Waals surface area contributed by atoms with Gasteiger partial charge in [0.25, 0.3) is 0 Å². The Labute approximate surface area is 100 Å². The van der Waals surface area contributed by atoms with Gasteiger partial charge in [0, 0.05) is 0 Å². The van der Waals surface area contributed by atoms with Crippen LogP contribution in [0.2, 0.25) is 0 Å². The van der Waals surface area contributed by atoms with Crippen LogP contribution in [0.1, 0.15) is 11.3 Å². The largest absolute Gasteiger partial charge is 0.512 e. The molecule has 19 heavy (non-hydrogen) atoms. The third kappa shape index (κ3) is 3.39. The Morgan fingerprint density at radius 3 is 2.11 bits per heavy atom. The normalized spacial score (nSPS) is 12.3. The maximum atomic E-state index is 12.4. The average molecular weight is 290 g/mol. The Bertz CT molecular complexity index is 510. The molecule has 0 unspecified atom stereocenters. The molecule has 0 aromatic carbocycles. The summed E-state index contributed by atoms with van der Waals surface area (Å²) in [4.78, 5) is 12.6. The van der Waals surface area contributed by atoms with E-state index in [0.717, 1.165) is 0 Å². The standard InChI is InChI=1S/C8H4F6N2O3/c9-7(10,11)2-1-3(15)5(19-6(17)18)16-4(2)8(12,13)14/h1H,15H2,(H,17,18). The smallest absolute Gasteiger partial charge is 0.449 e. The summed E-state index contributed by atoms with van der Waals surface area (Å²) in [5.41, 5.74) is -0.481. The van der Waals surface area contributed by atoms with Crippen LogP contribution in [0, 0.1) is 0 Å². The van der Waals surface area contributed by atoms with Gasteiger partial charge >= 0.3 is 18.5 Å². The third-order valence-corrected chi connectivity index (χ3v) is 1.77. The first-order valence-corrected chi connectivity index (χ1v) is 4.28. The van der Waals surface area contributed by atoms with Gasteiger partial charge in [-0.2, -0.15) is 26.3 Å². The fraction of sp³-hybridized carbons (Fsp3) is 0.250. The first-order chi connectivity index (χ1) is 8.43. The minimum absolute atomic E-state index is 0.0892. The Morgan fingerprint density at radius 2 is 1.74 bits per heavy atom. The van der Waals surface area contributed by atoms with Crippen molar-refractivity contribution in [1.82, 2.24) is 4.98 Å². The second-order valence-corrected chi connectivity index (χ2v) is 3.14. The quantitative estimate of drug-likeness (QED) is 0.613. The lowest BCUT2D eigenvalue weighted by Gasteiger charge is -2.16. The fourth-order valence-corrected chi connectivity index (χ4v) is 1.11. The number of aromatic nitrogens is 1. The highest BCUT2D eigenvalue weighted by Crippen LogP contribution is 2.41. The number of carboxylic acid groups (broad SMARTS) is 1. The Morgan fingerprint density at radius 1 is 1.21 bits per heavy atom. The number of nitrogens with zero attached hydrogens (tertiary/aromatic N) is 1. The van der Waals surface area contributed by atoms with Crippen molar-refractivity contribution in [2.24, 2.45) is 0 Å². The van der Waals surface area contributed by atoms with Gasteiger partial charge in [0.1, 0.15) is 0 Å². The lowest BCUT2D eigenvalue weighted by atomic mass is 10.1. The van der Waals surface area contributed by atoms with Crippen LogP contribution in [0.25, 0.3) is 0 Å². The maximum Gasteiger partial charge on any atom is 0.512 e. The molecule has 1 aromatic heterocycles. The number of rotatable bonds is 1. The van der Waals surface area contributed by atoms with Crippen LogP contribution in [0.3, 0.4) is 0 Å². The van der Waals surface area contributed by atoms with Gasteiger partial charge < -0.3 is 15.6 Å². The fourth-order valence-electron chi connectivity index (χ4n) is 1.11. The van der Waals surface area contributed by atoms with Crippen molar-refractivity contribution >= 4 is 11.8 Å². The van der Waals surface area contributed by atoms with E-state index in [1.165, 1.54) is 0 Å². The number of carbonyl (C=O) groups is 1. The summed E-state index contributed by atoms with van der Waals surface area (Å²) in [7, 11) is 0. The maximum absolute atomic E-state index is 12.4. The first kappa shape index (κ1) is 14.9. The summed E-state index contributed by atoms with van der Waals surface area (Å²) in [6.45, 7) is 0. The molecular weight excluding hydrogens is 286 g/mol. The van der Waals surface area contributed by atoms with Crippen molar-refractivity contribution in [1.29, 1.82) is 0 Å². The molecule has 0 aliphatic rings. The van der Waals surface area contributed by atoms with Gasteiger partial charge in [-0.25, -0.2) is 9.78 Å². The van der Waals surface area contributed by atoms with Crippen molar-refractivity contribution in [3.63, 3.8) is 0 Å². The zero-order valence-electron chi connectivity index (χ0n) is 8.63. The van der Waals surface area contributed by atoms with Crippen molar-refractivity contribution in [2.45, 2.75) is 12.4 Å². The van der Waals surface area contributed by atoms with Crippen LogP contribution in [-0.2, 0) is 12.4 Å². The molecule has 106 valence electrons. The molecule has 0 aliphatic heterocycles. The SMILES string of the molecule is Nc1cc(C(F)(F)F)c(C(F)(F)F)nc1OC(=O)O. The number of nitrogen functional groups attached to an aromatic ring is 1. The van der Waals surface area contributed by atoms with E-state index in [4.69, 9.17) is 10.8 Å². The Kier molecular flexibility index (Phi) is 3.50. The highest BCUT2D eigenvalue weighted by molar-refractivity contribution is 5.64. The molecule has 1 heterocycles. The van der Waals surface area contributed by atoms with Gasteiger partial charge in [-0.1, -0.05) is 0 Å². The van der Waals surface area contributed by atoms with E-state index in [0.29, 0.717) is 0 Å². The van der Waals surface area contributed by atoms with E-state index in [1.54, 1.807) is 0 Å². The molecule has 0 saturated heterocycles. The van der Waals surface area contributed by atoms with Crippen molar-refractivity contribution < 1.29 is 41.0 Å². The van der Waals surface area contributed by atoms with Gasteiger partial charge in [0.2, 0.25) is 5.88 Å². The van der Waals surface area contributed by atoms with E-state index >= 15 is 0 Å². The van der Waals surface area contributed by atoms with Gasteiger partial charge in [-0.05, 0) is 6.07 Å². The summed E-state index contributed by atoms with van der Waals surface area (Å²) in [5, 5.41) is 8.19. The molecule has 1 aromatic rings. The Balaban J connectivity index is 3.51. The summed E-state index contributed by atoms with van der Waals surface area (Å²) in [5.74, 6) is -1.27. The number of hydrogen-bond acceptors (Lipinski definition) is 4. The van der Waals surface area contributed by atoms with E-state index < -0.39 is 41.3 Å². The molecule has 0 bridgehead atoms. The molecule has 0 aliphatic carbocycles. The van der Waals surface area contributed by atoms with Crippen molar-refractivity contribution in [3.05, 3.63) is 17.3 Å². The van der Waals surface area contributed by atoms with Crippen LogP contribution in [0.15, 0.2) is 6.07 Å². The van der Waals surface area contributed by atoms with Gasteiger partial charge in [0.15, 0.2) is 5.69 Å². The first-order valence-electron chi connectivity index (χ1n) is 4.28. The van der Waals surface area contributed by atoms with Crippen LogP contribution in [0.4, 0.5) is 36.8 Å². The molecule has 0 spiro atoms. The van der Waals surface area contributed by atoms with Gasteiger partial charge in [-0.3, -0.25) is 0 Å². The topological polar surface area (TPSA) is 85.4 Å². The predicted octanol–water partition coefficient (Wildman–Crippen LogP) is 2.76. The number of anilines is 1. The number of pyridine rings is 1. The minimum atomic E-state index is -5.45. The molecule has 5 nitrogen and oxygen atoms in total. The van der Waals surface area contributed by atoms with Crippen LogP contribution >= 0.6 is 0 Å². The average Bonchev–Trinajstić information content (AvgIpc) is 2.16. The zero-order valence-corrected chi connectivity index (χ0v) is 8.63. The summed E-state index contributed by atoms with van der Waals surface area (Å²) in [6, 6.07) is -0.0892. The number of nitrogens with two attached hydrogens (primary N) is 1. The third-order valence-electron chi connectivity index (χ3n) is 1.77. The summed E-state index contributed by atoms with van der Waals surface area (Å²) >= 11 is 0. The molecule has 0 saturated carbocycles. The summed E-state index contributed by atoms with van der Waals surface area (Å²) in [6.07, 6.45) is -12.9. The predicted molar refractivity (Wildman–Crippen MR) is 47.3 cm³/mol. The van der Waals surface area contributed by atoms with Crippen LogP contribution in [0.5, 0.6) is 5.88 Å². The number of halogens is 6. The van der Waals surface area contributed by atoms with Gasteiger partial charge in [0.05, 0.1) is 11.3 Å². The van der Waals surface area contributed by atoms with Crippen molar-refractivity contribution in [3.8, 4) is 5.88 Å². The van der Waals surface area contributed by atoms with E-state index in [9.17, 15) is 31.1 Å². The molecule has 0 amide bonds. The van der Waals surface area contributed by atoms with Crippen LogP contribution < -0.4 is 10.5 Å². The monoisotopic (exact) mass is 290 g/mol. The molecule has 11 heteroatoms. The molecule has 3 N–H and O–H groups in total. The molecule has 0 atom stereocenters. The van der Waals surface area contributed by atoms with E-state index in [-0.39, 0.29) is 6.07 Å².